The fraction of sp³-hybridized carbons (Fsp3) is 0.875. The van der Waals surface area contributed by atoms with Crippen LogP contribution >= 0.6 is 0 Å². The van der Waals surface area contributed by atoms with Gasteiger partial charge in [-0.3, -0.25) is 0 Å². The summed E-state index contributed by atoms with van der Waals surface area (Å²) in [5.41, 5.74) is 0. The van der Waals surface area contributed by atoms with E-state index in [0.717, 1.165) is 31.8 Å². The molecule has 2 N–H and O–H groups in total. The second kappa shape index (κ2) is 17.7. The van der Waals surface area contributed by atoms with Crippen LogP contribution in [0.25, 0.3) is 0 Å². The molecule has 0 aromatic rings. The molecule has 1 rings (SSSR count). The Bertz CT molecular complexity index is 453. The first kappa shape index (κ1) is 27.1. The van der Waals surface area contributed by atoms with Crippen molar-refractivity contribution in [1.82, 2.24) is 0 Å². The van der Waals surface area contributed by atoms with Crippen molar-refractivity contribution < 1.29 is 29.6 Å². The van der Waals surface area contributed by atoms with E-state index in [1.165, 1.54) is 64.2 Å². The van der Waals surface area contributed by atoms with E-state index in [1.807, 2.05) is 0 Å². The first-order chi connectivity index (χ1) is 14.5. The van der Waals surface area contributed by atoms with Crippen LogP contribution < -0.4 is 5.11 Å². The van der Waals surface area contributed by atoms with Crippen molar-refractivity contribution in [3.63, 3.8) is 0 Å². The number of hydrogen-bond acceptors (Lipinski definition) is 6. The lowest BCUT2D eigenvalue weighted by Crippen LogP contribution is -2.47. The fourth-order valence-corrected chi connectivity index (χ4v) is 3.78. The molecule has 0 bridgehead atoms. The summed E-state index contributed by atoms with van der Waals surface area (Å²) in [4.78, 5) is 10.2. The second-order valence-electron chi connectivity index (χ2n) is 8.56. The summed E-state index contributed by atoms with van der Waals surface area (Å²) in [6.45, 7) is 2.40. The highest BCUT2D eigenvalue weighted by Gasteiger charge is 2.34. The minimum Gasteiger partial charge on any atom is -0.545 e. The van der Waals surface area contributed by atoms with Crippen LogP contribution in [0, 0.1) is 0 Å². The van der Waals surface area contributed by atoms with E-state index in [4.69, 9.17) is 9.47 Å². The number of unbranched alkanes of at least 4 members (excludes halogenated alkanes) is 13. The first-order valence-corrected chi connectivity index (χ1v) is 12.0. The van der Waals surface area contributed by atoms with Crippen molar-refractivity contribution in [2.24, 2.45) is 0 Å². The van der Waals surface area contributed by atoms with E-state index < -0.39 is 24.5 Å². The van der Waals surface area contributed by atoms with E-state index in [2.05, 4.69) is 0 Å². The van der Waals surface area contributed by atoms with Crippen LogP contribution in [0.1, 0.15) is 103 Å². The topological polar surface area (TPSA) is 99.1 Å². The summed E-state index contributed by atoms with van der Waals surface area (Å²) >= 11 is 0. The molecule has 0 saturated carbocycles. The maximum Gasteiger partial charge on any atom is 0.183 e. The zero-order valence-electron chi connectivity index (χ0n) is 18.8. The van der Waals surface area contributed by atoms with Crippen LogP contribution in [0.2, 0.25) is 0 Å². The Morgan fingerprint density at radius 3 is 1.93 bits per heavy atom. The Hall–Kier alpha value is -0.950. The zero-order chi connectivity index (χ0) is 22.0. The summed E-state index contributed by atoms with van der Waals surface area (Å²) < 4.78 is 11.1. The molecule has 30 heavy (non-hydrogen) atoms. The van der Waals surface area contributed by atoms with Crippen molar-refractivity contribution in [2.75, 3.05) is 6.61 Å². The van der Waals surface area contributed by atoms with Crippen molar-refractivity contribution in [3.8, 4) is 0 Å². The molecule has 0 aromatic heterocycles. The Kier molecular flexibility index (Phi) is 16.0. The number of hydrogen-bond donors (Lipinski definition) is 2. The lowest BCUT2D eigenvalue weighted by Gasteiger charge is -2.35. The molecule has 0 radical (unpaired) electrons. The fourth-order valence-electron chi connectivity index (χ4n) is 3.78. The highest BCUT2D eigenvalue weighted by molar-refractivity contribution is 5.77. The van der Waals surface area contributed by atoms with E-state index in [0.29, 0.717) is 13.0 Å². The van der Waals surface area contributed by atoms with E-state index in [1.54, 1.807) is 13.0 Å². The lowest BCUT2D eigenvalue weighted by atomic mass is 10.0. The van der Waals surface area contributed by atoms with Gasteiger partial charge in [0.25, 0.3) is 0 Å². The summed E-state index contributed by atoms with van der Waals surface area (Å²) in [7, 11) is 0. The van der Waals surface area contributed by atoms with Crippen LogP contribution in [0.4, 0.5) is 0 Å². The van der Waals surface area contributed by atoms with Crippen LogP contribution in [-0.2, 0) is 14.3 Å². The van der Waals surface area contributed by atoms with E-state index >= 15 is 0 Å². The largest absolute Gasteiger partial charge is 0.545 e. The predicted molar refractivity (Wildman–Crippen MR) is 116 cm³/mol. The Labute approximate surface area is 182 Å². The lowest BCUT2D eigenvalue weighted by molar-refractivity contribution is -0.297. The predicted octanol–water partition coefficient (Wildman–Crippen LogP) is 3.63. The quantitative estimate of drug-likeness (QED) is 0.256. The van der Waals surface area contributed by atoms with Gasteiger partial charge >= 0.3 is 0 Å². The number of carbonyl (C=O) groups excluding carboxylic acids is 1. The van der Waals surface area contributed by atoms with Gasteiger partial charge in [-0.25, -0.2) is 0 Å². The maximum absolute atomic E-state index is 10.2. The Balaban J connectivity index is 1.77. The average Bonchev–Trinajstić information content (AvgIpc) is 2.70. The van der Waals surface area contributed by atoms with Crippen molar-refractivity contribution in [2.45, 2.75) is 128 Å². The molecule has 0 aliphatic carbocycles. The molecule has 1 aliphatic heterocycles. The number of allylic oxidation sites excluding steroid dienone is 1. The number of carboxylic acid groups (broad SMARTS) is 1. The van der Waals surface area contributed by atoms with Crippen LogP contribution in [-0.4, -0.2) is 47.4 Å². The number of aliphatic hydroxyl groups is 2. The van der Waals surface area contributed by atoms with Gasteiger partial charge < -0.3 is 29.6 Å². The number of ether oxygens (including phenoxy) is 2. The third kappa shape index (κ3) is 14.1. The van der Waals surface area contributed by atoms with Crippen molar-refractivity contribution in [1.29, 1.82) is 0 Å². The number of aliphatic carboxylic acids is 1. The molecule has 1 heterocycles. The van der Waals surface area contributed by atoms with Crippen LogP contribution in [0.3, 0.4) is 0 Å². The standard InChI is InChI=1S/C24H44O6/c1-20-21(25)19-22(26)24(30-20)29-18-16-14-12-10-8-6-4-2-3-5-7-9-11-13-15-17-23(27)28/h15,17,20-22,24-26H,2-14,16,18-19H2,1H3,(H,27,28)/p-1/b17-15+/t20-,21+,22+,24+/m0/s1. The molecular formula is C24H43O6-. The van der Waals surface area contributed by atoms with Gasteiger partial charge in [0, 0.05) is 13.0 Å². The molecule has 0 unspecified atom stereocenters. The third-order valence-corrected chi connectivity index (χ3v) is 5.74. The number of rotatable bonds is 18. The van der Waals surface area contributed by atoms with Gasteiger partial charge in [-0.1, -0.05) is 76.7 Å². The molecule has 1 saturated heterocycles. The van der Waals surface area contributed by atoms with Gasteiger partial charge in [0.15, 0.2) is 6.29 Å². The monoisotopic (exact) mass is 427 g/mol. The van der Waals surface area contributed by atoms with Gasteiger partial charge in [0.1, 0.15) is 6.10 Å². The summed E-state index contributed by atoms with van der Waals surface area (Å²) in [6.07, 6.45) is 17.6. The molecule has 4 atom stereocenters. The van der Waals surface area contributed by atoms with Crippen molar-refractivity contribution in [3.05, 3.63) is 12.2 Å². The average molecular weight is 428 g/mol. The molecule has 0 aromatic carbocycles. The van der Waals surface area contributed by atoms with Crippen molar-refractivity contribution >= 4 is 5.97 Å². The summed E-state index contributed by atoms with van der Waals surface area (Å²) in [6, 6.07) is 0. The molecule has 0 amide bonds. The molecule has 1 fully saturated rings. The molecule has 6 nitrogen and oxygen atoms in total. The smallest absolute Gasteiger partial charge is 0.183 e. The number of aliphatic hydroxyl groups excluding tert-OH is 2. The maximum atomic E-state index is 10.2. The van der Waals surface area contributed by atoms with E-state index in [9.17, 15) is 20.1 Å². The summed E-state index contributed by atoms with van der Waals surface area (Å²) in [5.74, 6) is -1.11. The minimum absolute atomic E-state index is 0.288. The van der Waals surface area contributed by atoms with Gasteiger partial charge in [0.05, 0.1) is 18.2 Å². The second-order valence-corrected chi connectivity index (χ2v) is 8.56. The normalized spacial score (nSPS) is 24.5. The summed E-state index contributed by atoms with van der Waals surface area (Å²) in [5, 5.41) is 29.7. The molecular weight excluding hydrogens is 384 g/mol. The van der Waals surface area contributed by atoms with Gasteiger partial charge in [0.2, 0.25) is 0 Å². The van der Waals surface area contributed by atoms with Crippen LogP contribution in [0.5, 0.6) is 0 Å². The van der Waals surface area contributed by atoms with Gasteiger partial charge in [-0.05, 0) is 32.3 Å². The number of carboxylic acids is 1. The highest BCUT2D eigenvalue weighted by Crippen LogP contribution is 2.21. The van der Waals surface area contributed by atoms with E-state index in [-0.39, 0.29) is 6.10 Å². The molecule has 176 valence electrons. The SMILES string of the molecule is C[C@@H]1O[C@@H](OCCCCCCCCCCCCCCC/C=C/C(=O)[O-])[C@H](O)C[C@H]1O. The molecule has 1 aliphatic rings. The first-order valence-electron chi connectivity index (χ1n) is 12.0. The van der Waals surface area contributed by atoms with Gasteiger partial charge in [-0.2, -0.15) is 0 Å². The number of carbonyl (C=O) groups is 1. The Morgan fingerprint density at radius 2 is 1.40 bits per heavy atom. The molecule has 0 spiro atoms. The Morgan fingerprint density at radius 1 is 0.900 bits per heavy atom. The van der Waals surface area contributed by atoms with Gasteiger partial charge in [-0.15, -0.1) is 0 Å². The van der Waals surface area contributed by atoms with Crippen LogP contribution in [0.15, 0.2) is 12.2 Å². The highest BCUT2D eigenvalue weighted by atomic mass is 16.7. The zero-order valence-corrected chi connectivity index (χ0v) is 18.8. The molecule has 6 heteroatoms. The minimum atomic E-state index is -1.11. The third-order valence-electron chi connectivity index (χ3n) is 5.74.